The lowest BCUT2D eigenvalue weighted by Gasteiger charge is -2.32. The molecule has 0 aromatic rings. The summed E-state index contributed by atoms with van der Waals surface area (Å²) >= 11 is 0. The molecule has 0 amide bonds. The van der Waals surface area contributed by atoms with E-state index in [0.717, 1.165) is 18.4 Å². The molecule has 1 aliphatic carbocycles. The molecule has 0 aromatic carbocycles. The van der Waals surface area contributed by atoms with Crippen LogP contribution in [0.15, 0.2) is 0 Å². The Labute approximate surface area is 100 Å². The van der Waals surface area contributed by atoms with Gasteiger partial charge in [-0.25, -0.2) is 0 Å². The van der Waals surface area contributed by atoms with E-state index in [1.54, 1.807) is 0 Å². The van der Waals surface area contributed by atoms with Crippen LogP contribution in [0.5, 0.6) is 0 Å². The number of nitrogens with one attached hydrogen (secondary N) is 1. The van der Waals surface area contributed by atoms with Gasteiger partial charge >= 0.3 is 0 Å². The van der Waals surface area contributed by atoms with Crippen molar-refractivity contribution in [3.8, 4) is 0 Å². The molecule has 3 unspecified atom stereocenters. The van der Waals surface area contributed by atoms with Crippen LogP contribution >= 0.6 is 0 Å². The highest BCUT2D eigenvalue weighted by molar-refractivity contribution is 4.78. The first-order valence-electron chi connectivity index (χ1n) is 7.16. The van der Waals surface area contributed by atoms with Gasteiger partial charge in [-0.1, -0.05) is 19.3 Å². The van der Waals surface area contributed by atoms with Gasteiger partial charge in [0.15, 0.2) is 0 Å². The summed E-state index contributed by atoms with van der Waals surface area (Å²) in [5.74, 6) is 1.89. The lowest BCUT2D eigenvalue weighted by atomic mass is 9.76. The molecule has 94 valence electrons. The zero-order chi connectivity index (χ0) is 11.2. The summed E-state index contributed by atoms with van der Waals surface area (Å²) in [6.45, 7) is 2.23. The van der Waals surface area contributed by atoms with E-state index in [9.17, 15) is 0 Å². The van der Waals surface area contributed by atoms with Crippen LogP contribution in [0.3, 0.4) is 0 Å². The van der Waals surface area contributed by atoms with Crippen LogP contribution in [0.4, 0.5) is 0 Å². The Morgan fingerprint density at radius 2 is 1.81 bits per heavy atom. The Hall–Kier alpha value is -0.0800. The summed E-state index contributed by atoms with van der Waals surface area (Å²) in [7, 11) is 2.09. The van der Waals surface area contributed by atoms with Crippen LogP contribution in [0, 0.1) is 11.8 Å². The molecule has 0 spiro atoms. The molecule has 0 aromatic heterocycles. The first kappa shape index (κ1) is 12.4. The number of hydrogen-bond donors (Lipinski definition) is 1. The first-order valence-corrected chi connectivity index (χ1v) is 7.16. The lowest BCUT2D eigenvalue weighted by Crippen LogP contribution is -2.29. The van der Waals surface area contributed by atoms with E-state index in [1.807, 2.05) is 0 Å². The molecule has 2 rings (SSSR count). The van der Waals surface area contributed by atoms with E-state index < -0.39 is 0 Å². The summed E-state index contributed by atoms with van der Waals surface area (Å²) in [4.78, 5) is 0. The Morgan fingerprint density at radius 3 is 2.50 bits per heavy atom. The Morgan fingerprint density at radius 1 is 1.00 bits per heavy atom. The topological polar surface area (TPSA) is 21.3 Å². The van der Waals surface area contributed by atoms with Crippen LogP contribution in [-0.2, 0) is 4.74 Å². The molecular weight excluding hydrogens is 198 g/mol. The fraction of sp³-hybridized carbons (Fsp3) is 1.00. The molecule has 1 heterocycles. The SMILES string of the molecule is CNCC1CCCCC1CCC1CCCO1. The largest absolute Gasteiger partial charge is 0.378 e. The van der Waals surface area contributed by atoms with Crippen LogP contribution in [-0.4, -0.2) is 26.3 Å². The molecule has 1 aliphatic heterocycles. The van der Waals surface area contributed by atoms with Gasteiger partial charge in [0, 0.05) is 6.61 Å². The van der Waals surface area contributed by atoms with Crippen LogP contribution in [0.25, 0.3) is 0 Å². The molecule has 2 heteroatoms. The van der Waals surface area contributed by atoms with E-state index in [1.165, 1.54) is 57.9 Å². The summed E-state index contributed by atoms with van der Waals surface area (Å²) < 4.78 is 5.72. The van der Waals surface area contributed by atoms with Crippen molar-refractivity contribution >= 4 is 0 Å². The highest BCUT2D eigenvalue weighted by atomic mass is 16.5. The molecule has 2 aliphatic rings. The highest BCUT2D eigenvalue weighted by Gasteiger charge is 2.26. The van der Waals surface area contributed by atoms with Crippen molar-refractivity contribution in [3.63, 3.8) is 0 Å². The number of ether oxygens (including phenoxy) is 1. The number of rotatable bonds is 5. The molecule has 2 nitrogen and oxygen atoms in total. The third-order valence-electron chi connectivity index (χ3n) is 4.42. The maximum Gasteiger partial charge on any atom is 0.0576 e. The van der Waals surface area contributed by atoms with E-state index in [2.05, 4.69) is 12.4 Å². The third-order valence-corrected chi connectivity index (χ3v) is 4.42. The zero-order valence-corrected chi connectivity index (χ0v) is 10.7. The first-order chi connectivity index (χ1) is 7.90. The minimum atomic E-state index is 0.595. The summed E-state index contributed by atoms with van der Waals surface area (Å²) in [5.41, 5.74) is 0. The minimum Gasteiger partial charge on any atom is -0.378 e. The van der Waals surface area contributed by atoms with Gasteiger partial charge in [0.1, 0.15) is 0 Å². The standard InChI is InChI=1S/C14H27NO/c1-15-11-13-6-3-2-5-12(13)8-9-14-7-4-10-16-14/h12-15H,2-11H2,1H3. The van der Waals surface area contributed by atoms with Gasteiger partial charge in [0.25, 0.3) is 0 Å². The van der Waals surface area contributed by atoms with Gasteiger partial charge in [-0.3, -0.25) is 0 Å². The summed E-state index contributed by atoms with van der Waals surface area (Å²) in [5, 5.41) is 3.36. The van der Waals surface area contributed by atoms with E-state index in [-0.39, 0.29) is 0 Å². The van der Waals surface area contributed by atoms with Gasteiger partial charge < -0.3 is 10.1 Å². The predicted molar refractivity (Wildman–Crippen MR) is 67.6 cm³/mol. The monoisotopic (exact) mass is 225 g/mol. The zero-order valence-electron chi connectivity index (χ0n) is 10.7. The summed E-state index contributed by atoms with van der Waals surface area (Å²) in [6.07, 6.45) is 11.7. The van der Waals surface area contributed by atoms with Crippen molar-refractivity contribution in [3.05, 3.63) is 0 Å². The maximum atomic E-state index is 5.72. The molecule has 2 fully saturated rings. The molecule has 16 heavy (non-hydrogen) atoms. The maximum absolute atomic E-state index is 5.72. The van der Waals surface area contributed by atoms with Crippen molar-refractivity contribution in [1.29, 1.82) is 0 Å². The Balaban J connectivity index is 1.72. The van der Waals surface area contributed by atoms with Gasteiger partial charge in [-0.2, -0.15) is 0 Å². The molecule has 1 N–H and O–H groups in total. The normalized spacial score (nSPS) is 35.4. The van der Waals surface area contributed by atoms with E-state index in [0.29, 0.717) is 6.10 Å². The molecule has 0 bridgehead atoms. The molecule has 0 radical (unpaired) electrons. The van der Waals surface area contributed by atoms with Crippen molar-refractivity contribution < 1.29 is 4.74 Å². The summed E-state index contributed by atoms with van der Waals surface area (Å²) in [6, 6.07) is 0. The van der Waals surface area contributed by atoms with Crippen LogP contribution in [0.1, 0.15) is 51.4 Å². The average Bonchev–Trinajstić information content (AvgIpc) is 2.81. The Bertz CT molecular complexity index is 187. The average molecular weight is 225 g/mol. The molecule has 3 atom stereocenters. The van der Waals surface area contributed by atoms with Gasteiger partial charge in [-0.15, -0.1) is 0 Å². The molecule has 1 saturated carbocycles. The second kappa shape index (κ2) is 6.61. The van der Waals surface area contributed by atoms with Crippen molar-refractivity contribution in [2.24, 2.45) is 11.8 Å². The quantitative estimate of drug-likeness (QED) is 0.776. The predicted octanol–water partition coefficient (Wildman–Crippen LogP) is 2.97. The van der Waals surface area contributed by atoms with Gasteiger partial charge in [0.2, 0.25) is 0 Å². The van der Waals surface area contributed by atoms with Crippen molar-refractivity contribution in [1.82, 2.24) is 5.32 Å². The molecular formula is C14H27NO. The van der Waals surface area contributed by atoms with Gasteiger partial charge in [-0.05, 0) is 57.5 Å². The minimum absolute atomic E-state index is 0.595. The fourth-order valence-corrected chi connectivity index (χ4v) is 3.47. The lowest BCUT2D eigenvalue weighted by molar-refractivity contribution is 0.0900. The molecule has 1 saturated heterocycles. The fourth-order valence-electron chi connectivity index (χ4n) is 3.47. The van der Waals surface area contributed by atoms with Crippen LogP contribution in [0.2, 0.25) is 0 Å². The van der Waals surface area contributed by atoms with Crippen LogP contribution < -0.4 is 5.32 Å². The van der Waals surface area contributed by atoms with Gasteiger partial charge in [0.05, 0.1) is 6.10 Å². The smallest absolute Gasteiger partial charge is 0.0576 e. The highest BCUT2D eigenvalue weighted by Crippen LogP contribution is 2.34. The van der Waals surface area contributed by atoms with E-state index >= 15 is 0 Å². The van der Waals surface area contributed by atoms with Crippen molar-refractivity contribution in [2.75, 3.05) is 20.2 Å². The third kappa shape index (κ3) is 3.46. The Kier molecular flexibility index (Phi) is 5.11. The second-order valence-corrected chi connectivity index (χ2v) is 5.57. The van der Waals surface area contributed by atoms with Crippen molar-refractivity contribution in [2.45, 2.75) is 57.5 Å². The van der Waals surface area contributed by atoms with E-state index in [4.69, 9.17) is 4.74 Å². The number of hydrogen-bond acceptors (Lipinski definition) is 2. The second-order valence-electron chi connectivity index (χ2n) is 5.57.